The van der Waals surface area contributed by atoms with Gasteiger partial charge < -0.3 is 36.4 Å². The highest BCUT2D eigenvalue weighted by Gasteiger charge is 2.45. The summed E-state index contributed by atoms with van der Waals surface area (Å²) in [5.41, 5.74) is 0.765. The number of carbonyl (C=O) groups is 4. The number of rotatable bonds is 15. The minimum Gasteiger partial charge on any atom is -0.480 e. The molecule has 0 aliphatic heterocycles. The number of carboxylic acid groups (broad SMARTS) is 1. The Labute approximate surface area is 308 Å². The first-order valence-electron chi connectivity index (χ1n) is 17.2. The number of hydrogen-bond acceptors (Lipinski definition) is 10. The van der Waals surface area contributed by atoms with E-state index in [4.69, 9.17) is 16.3 Å². The third kappa shape index (κ3) is 11.4. The molecule has 284 valence electrons. The van der Waals surface area contributed by atoms with Crippen molar-refractivity contribution in [3.8, 4) is 6.01 Å². The van der Waals surface area contributed by atoms with E-state index in [1.54, 1.807) is 12.1 Å². The molecule has 0 spiro atoms. The number of ether oxygens (including phenoxy) is 1. The summed E-state index contributed by atoms with van der Waals surface area (Å²) >= 11 is 6.02. The van der Waals surface area contributed by atoms with Crippen LogP contribution >= 0.6 is 11.6 Å². The van der Waals surface area contributed by atoms with E-state index >= 15 is 0 Å². The number of nitrogens with zero attached hydrogens (tertiary/aromatic N) is 3. The monoisotopic (exact) mass is 760 g/mol. The third-order valence-electron chi connectivity index (χ3n) is 9.12. The Kier molecular flexibility index (Phi) is 12.6. The number of amides is 3. The van der Waals surface area contributed by atoms with Gasteiger partial charge in [0.05, 0.1) is 5.54 Å². The third-order valence-corrected chi connectivity index (χ3v) is 9.38. The molecule has 2 saturated carbocycles. The lowest BCUT2D eigenvalue weighted by Gasteiger charge is -2.28. The van der Waals surface area contributed by atoms with Gasteiger partial charge in [0, 0.05) is 28.9 Å². The number of aromatic nitrogens is 3. The molecule has 0 saturated heterocycles. The van der Waals surface area contributed by atoms with Gasteiger partial charge in [-0.2, -0.15) is 28.1 Å². The summed E-state index contributed by atoms with van der Waals surface area (Å²) in [5.74, 6) is -3.63. The Morgan fingerprint density at radius 2 is 1.58 bits per heavy atom. The summed E-state index contributed by atoms with van der Waals surface area (Å²) in [6, 6.07) is 10.7. The van der Waals surface area contributed by atoms with Crippen LogP contribution in [0.15, 0.2) is 48.5 Å². The van der Waals surface area contributed by atoms with E-state index in [1.807, 2.05) is 19.1 Å². The van der Waals surface area contributed by atoms with Crippen LogP contribution < -0.4 is 31.3 Å². The Morgan fingerprint density at radius 1 is 0.925 bits per heavy atom. The van der Waals surface area contributed by atoms with Crippen LogP contribution in [0.3, 0.4) is 0 Å². The fourth-order valence-electron chi connectivity index (χ4n) is 6.04. The highest BCUT2D eigenvalue weighted by molar-refractivity contribution is 6.35. The number of benzene rings is 2. The van der Waals surface area contributed by atoms with Crippen molar-refractivity contribution in [3.63, 3.8) is 0 Å². The molecule has 0 unspecified atom stereocenters. The molecule has 2 fully saturated rings. The molecule has 3 aromatic rings. The summed E-state index contributed by atoms with van der Waals surface area (Å²) in [4.78, 5) is 61.8. The number of alkyl halides is 3. The topological polar surface area (TPSA) is 197 Å². The van der Waals surface area contributed by atoms with Gasteiger partial charge in [-0.15, -0.1) is 0 Å². The average Bonchev–Trinajstić information content (AvgIpc) is 3.90. The quantitative estimate of drug-likeness (QED) is 0.113. The zero-order valence-electron chi connectivity index (χ0n) is 28.8. The molecular weight excluding hydrogens is 721 g/mol. The van der Waals surface area contributed by atoms with E-state index in [0.717, 1.165) is 37.7 Å². The highest BCUT2D eigenvalue weighted by atomic mass is 35.5. The van der Waals surface area contributed by atoms with Gasteiger partial charge in [-0.05, 0) is 86.9 Å². The summed E-state index contributed by atoms with van der Waals surface area (Å²) in [6.07, 6.45) is 1.88. The maximum absolute atomic E-state index is 12.9. The van der Waals surface area contributed by atoms with Crippen molar-refractivity contribution >= 4 is 52.9 Å². The second-order valence-corrected chi connectivity index (χ2v) is 13.6. The Morgan fingerprint density at radius 3 is 2.21 bits per heavy atom. The van der Waals surface area contributed by atoms with E-state index in [0.29, 0.717) is 29.5 Å². The van der Waals surface area contributed by atoms with Crippen molar-refractivity contribution in [3.05, 3.63) is 64.7 Å². The zero-order valence-corrected chi connectivity index (χ0v) is 29.5. The van der Waals surface area contributed by atoms with Gasteiger partial charge in [0.2, 0.25) is 11.9 Å². The van der Waals surface area contributed by atoms with Crippen molar-refractivity contribution < 1.29 is 42.2 Å². The average molecular weight is 761 g/mol. The van der Waals surface area contributed by atoms with Crippen molar-refractivity contribution in [2.75, 3.05) is 23.8 Å². The number of aliphatic carboxylic acids is 1. The normalized spacial score (nSPS) is 16.4. The molecule has 14 nitrogen and oxygen atoms in total. The molecule has 1 aromatic heterocycles. The van der Waals surface area contributed by atoms with E-state index in [2.05, 4.69) is 41.5 Å². The van der Waals surface area contributed by atoms with Gasteiger partial charge in [0.1, 0.15) is 6.04 Å². The van der Waals surface area contributed by atoms with Crippen molar-refractivity contribution in [1.82, 2.24) is 30.9 Å². The van der Waals surface area contributed by atoms with E-state index in [-0.39, 0.29) is 36.5 Å². The van der Waals surface area contributed by atoms with Crippen LogP contribution in [-0.2, 0) is 19.9 Å². The summed E-state index contributed by atoms with van der Waals surface area (Å²) in [5, 5.41) is 23.8. The number of carboxylic acids is 1. The number of halogens is 4. The smallest absolute Gasteiger partial charge is 0.422 e. The molecular formula is C35H40ClF3N8O6. The molecule has 5 rings (SSSR count). The van der Waals surface area contributed by atoms with E-state index in [1.165, 1.54) is 24.3 Å². The van der Waals surface area contributed by atoms with E-state index < -0.39 is 54.1 Å². The summed E-state index contributed by atoms with van der Waals surface area (Å²) < 4.78 is 43.6. The van der Waals surface area contributed by atoms with Crippen LogP contribution in [0.4, 0.5) is 30.8 Å². The lowest BCUT2D eigenvalue weighted by Crippen LogP contribution is -2.48. The Balaban J connectivity index is 1.17. The predicted octanol–water partition coefficient (Wildman–Crippen LogP) is 5.09. The molecule has 0 bridgehead atoms. The molecule has 6 N–H and O–H groups in total. The van der Waals surface area contributed by atoms with Crippen molar-refractivity contribution in [2.45, 2.75) is 82.1 Å². The number of carbonyl (C=O) groups excluding carboxylic acids is 3. The largest absolute Gasteiger partial charge is 0.480 e. The standard InChI is InChI=1S/C35H40ClF3N8O6/c1-20(21-5-3-2-4-6-21)41-29(50)28(49)40-18-15-26(30(51)52)43-27(48)22-7-13-25(14-8-22)42-31-44-32(46-33(45-31)53-19-35(37,38)39)47-34(16-17-34)23-9-11-24(36)12-10-23/h7-14,20-21,26H,2-6,15-19H2,1H3,(H,40,49)(H,41,50)(H,43,48)(H,51,52)(H2,42,44,45,46,47)/t20-,26-/m0/s1. The van der Waals surface area contributed by atoms with Gasteiger partial charge in [0.15, 0.2) is 6.61 Å². The first-order chi connectivity index (χ1) is 25.2. The molecule has 53 heavy (non-hydrogen) atoms. The van der Waals surface area contributed by atoms with Crippen LogP contribution in [0.25, 0.3) is 0 Å². The second-order valence-electron chi connectivity index (χ2n) is 13.2. The van der Waals surface area contributed by atoms with Crippen LogP contribution in [0.2, 0.25) is 5.02 Å². The summed E-state index contributed by atoms with van der Waals surface area (Å²) in [6.45, 7) is 0.0605. The minimum atomic E-state index is -4.64. The molecule has 18 heteroatoms. The fourth-order valence-corrected chi connectivity index (χ4v) is 6.17. The van der Waals surface area contributed by atoms with Gasteiger partial charge in [-0.3, -0.25) is 14.4 Å². The predicted molar refractivity (Wildman–Crippen MR) is 188 cm³/mol. The second kappa shape index (κ2) is 17.1. The van der Waals surface area contributed by atoms with Crippen LogP contribution in [-0.4, -0.2) is 75.2 Å². The number of nitrogens with one attached hydrogen (secondary N) is 5. The molecule has 2 aromatic carbocycles. The maximum atomic E-state index is 12.9. The lowest BCUT2D eigenvalue weighted by molar-refractivity contribution is -0.154. The molecule has 2 aliphatic rings. The van der Waals surface area contributed by atoms with Gasteiger partial charge in [-0.1, -0.05) is 43.0 Å². The van der Waals surface area contributed by atoms with Crippen LogP contribution in [0.5, 0.6) is 6.01 Å². The Hall–Kier alpha value is -5.19. The van der Waals surface area contributed by atoms with Crippen molar-refractivity contribution in [1.29, 1.82) is 0 Å². The summed E-state index contributed by atoms with van der Waals surface area (Å²) in [7, 11) is 0. The lowest BCUT2D eigenvalue weighted by atomic mass is 9.84. The van der Waals surface area contributed by atoms with Gasteiger partial charge in [-0.25, -0.2) is 4.79 Å². The van der Waals surface area contributed by atoms with Crippen LogP contribution in [0, 0.1) is 5.92 Å². The fraction of sp³-hybridized carbons (Fsp3) is 0.457. The maximum Gasteiger partial charge on any atom is 0.422 e. The number of hydrogen-bond donors (Lipinski definition) is 6. The molecule has 2 aliphatic carbocycles. The van der Waals surface area contributed by atoms with Crippen LogP contribution in [0.1, 0.15) is 74.2 Å². The molecule has 0 radical (unpaired) electrons. The zero-order chi connectivity index (χ0) is 38.2. The SMILES string of the molecule is C[C@H](NC(=O)C(=O)NCC[C@H](NC(=O)c1ccc(Nc2nc(NC3(c4ccc(Cl)cc4)CC3)nc(OCC(F)(F)F)n2)cc1)C(=O)O)C1CCCCC1. The number of anilines is 3. The Bertz CT molecular complexity index is 1770. The minimum absolute atomic E-state index is 0.0336. The highest BCUT2D eigenvalue weighted by Crippen LogP contribution is 2.48. The van der Waals surface area contributed by atoms with Crippen molar-refractivity contribution in [2.24, 2.45) is 5.92 Å². The van der Waals surface area contributed by atoms with Gasteiger partial charge in [0.25, 0.3) is 5.91 Å². The van der Waals surface area contributed by atoms with E-state index in [9.17, 15) is 37.5 Å². The molecule has 2 atom stereocenters. The van der Waals surface area contributed by atoms with Gasteiger partial charge >= 0.3 is 30.0 Å². The molecule has 3 amide bonds. The molecule has 1 heterocycles. The first-order valence-corrected chi connectivity index (χ1v) is 17.6. The first kappa shape index (κ1) is 39.0.